The van der Waals surface area contributed by atoms with Crippen LogP contribution < -0.4 is 5.32 Å². The molecule has 0 saturated carbocycles. The van der Waals surface area contributed by atoms with Crippen molar-refractivity contribution in [1.29, 1.82) is 0 Å². The largest absolute Gasteiger partial charge is 0.319 e. The predicted molar refractivity (Wildman–Crippen MR) is 85.2 cm³/mol. The Labute approximate surface area is 128 Å². The highest BCUT2D eigenvalue weighted by Crippen LogP contribution is 2.17. The molecule has 0 unspecified atom stereocenters. The molecule has 0 radical (unpaired) electrons. The van der Waals surface area contributed by atoms with Crippen molar-refractivity contribution in [1.82, 2.24) is 14.8 Å². The van der Waals surface area contributed by atoms with Crippen LogP contribution in [0, 0.1) is 13.8 Å². The number of rotatable bonds is 3. The number of carbonyl (C=O) groups excluding carboxylic acids is 1. The Morgan fingerprint density at radius 1 is 1.09 bits per heavy atom. The highest BCUT2D eigenvalue weighted by Gasteiger charge is 2.13. The summed E-state index contributed by atoms with van der Waals surface area (Å²) in [5, 5.41) is 7.08. The quantitative estimate of drug-likeness (QED) is 0.806. The molecule has 110 valence electrons. The molecule has 2 aromatic carbocycles. The summed E-state index contributed by atoms with van der Waals surface area (Å²) < 4.78 is 1.58. The summed E-state index contributed by atoms with van der Waals surface area (Å²) in [5.74, 6) is -0.173. The van der Waals surface area contributed by atoms with Crippen molar-refractivity contribution in [2.24, 2.45) is 0 Å². The Hall–Kier alpha value is -2.95. The fraction of sp³-hybridized carbons (Fsp3) is 0.118. The van der Waals surface area contributed by atoms with E-state index in [1.165, 1.54) is 6.33 Å². The van der Waals surface area contributed by atoms with Gasteiger partial charge in [-0.25, -0.2) is 9.67 Å². The predicted octanol–water partition coefficient (Wildman–Crippen LogP) is 3.14. The molecule has 1 heterocycles. The van der Waals surface area contributed by atoms with Gasteiger partial charge >= 0.3 is 0 Å². The summed E-state index contributed by atoms with van der Waals surface area (Å²) in [6.07, 6.45) is 1.54. The van der Waals surface area contributed by atoms with Crippen molar-refractivity contribution in [3.8, 4) is 5.69 Å². The Kier molecular flexibility index (Phi) is 3.70. The maximum absolute atomic E-state index is 12.3. The Morgan fingerprint density at radius 3 is 2.64 bits per heavy atom. The molecule has 1 amide bonds. The van der Waals surface area contributed by atoms with Crippen molar-refractivity contribution >= 4 is 11.6 Å². The van der Waals surface area contributed by atoms with Gasteiger partial charge in [-0.2, -0.15) is 0 Å². The first kappa shape index (κ1) is 14.0. The summed E-state index contributed by atoms with van der Waals surface area (Å²) in [4.78, 5) is 16.4. The minimum Gasteiger partial charge on any atom is -0.319 e. The van der Waals surface area contributed by atoms with Crippen molar-refractivity contribution in [2.75, 3.05) is 5.32 Å². The second kappa shape index (κ2) is 5.81. The minimum absolute atomic E-state index is 0.143. The lowest BCUT2D eigenvalue weighted by atomic mass is 10.1. The van der Waals surface area contributed by atoms with Crippen LogP contribution in [-0.2, 0) is 0 Å². The molecular formula is C17H16N4O. The van der Waals surface area contributed by atoms with Crippen LogP contribution in [0.25, 0.3) is 5.69 Å². The topological polar surface area (TPSA) is 59.8 Å². The van der Waals surface area contributed by atoms with Crippen molar-refractivity contribution in [3.05, 3.63) is 71.8 Å². The smallest absolute Gasteiger partial charge is 0.295 e. The van der Waals surface area contributed by atoms with Gasteiger partial charge in [0.1, 0.15) is 6.33 Å². The number of aryl methyl sites for hydroxylation is 2. The second-order valence-corrected chi connectivity index (χ2v) is 5.12. The molecule has 3 rings (SSSR count). The van der Waals surface area contributed by atoms with E-state index in [4.69, 9.17) is 0 Å². The van der Waals surface area contributed by atoms with E-state index < -0.39 is 0 Å². The molecule has 22 heavy (non-hydrogen) atoms. The van der Waals surface area contributed by atoms with Crippen LogP contribution in [0.15, 0.2) is 54.9 Å². The molecule has 0 aliphatic carbocycles. The van der Waals surface area contributed by atoms with Gasteiger partial charge in [-0.05, 0) is 43.2 Å². The number of para-hydroxylation sites is 1. The lowest BCUT2D eigenvalue weighted by Gasteiger charge is -2.07. The zero-order valence-corrected chi connectivity index (χ0v) is 12.4. The minimum atomic E-state index is -0.316. The van der Waals surface area contributed by atoms with Crippen LogP contribution in [0.5, 0.6) is 0 Å². The first-order chi connectivity index (χ1) is 10.6. The van der Waals surface area contributed by atoms with E-state index in [-0.39, 0.29) is 11.7 Å². The maximum Gasteiger partial charge on any atom is 0.295 e. The molecule has 0 atom stereocenters. The highest BCUT2D eigenvalue weighted by molar-refractivity contribution is 6.01. The molecule has 0 spiro atoms. The van der Waals surface area contributed by atoms with Gasteiger partial charge in [0.05, 0.1) is 5.69 Å². The summed E-state index contributed by atoms with van der Waals surface area (Å²) in [6, 6.07) is 15.5. The fourth-order valence-electron chi connectivity index (χ4n) is 2.12. The van der Waals surface area contributed by atoms with Gasteiger partial charge in [-0.15, -0.1) is 5.10 Å². The third kappa shape index (κ3) is 2.88. The number of benzene rings is 2. The molecule has 1 N–H and O–H groups in total. The van der Waals surface area contributed by atoms with Gasteiger partial charge in [-0.3, -0.25) is 4.79 Å². The summed E-state index contributed by atoms with van der Waals surface area (Å²) in [7, 11) is 0. The second-order valence-electron chi connectivity index (χ2n) is 5.12. The first-order valence-corrected chi connectivity index (χ1v) is 6.99. The van der Waals surface area contributed by atoms with E-state index in [0.717, 1.165) is 22.5 Å². The van der Waals surface area contributed by atoms with Crippen LogP contribution in [0.1, 0.15) is 21.7 Å². The summed E-state index contributed by atoms with van der Waals surface area (Å²) >= 11 is 0. The SMILES string of the molecule is Cc1ccc(C)c(NC(=O)c2ncn(-c3ccccc3)n2)c1. The number of carbonyl (C=O) groups is 1. The summed E-state index contributed by atoms with van der Waals surface area (Å²) in [6.45, 7) is 3.93. The van der Waals surface area contributed by atoms with Crippen LogP contribution in [0.3, 0.4) is 0 Å². The molecule has 1 aromatic heterocycles. The standard InChI is InChI=1S/C17H16N4O/c1-12-8-9-13(2)15(10-12)19-17(22)16-18-11-21(20-16)14-6-4-3-5-7-14/h3-11H,1-2H3,(H,19,22). The van der Waals surface area contributed by atoms with Gasteiger partial charge in [0.15, 0.2) is 0 Å². The van der Waals surface area contributed by atoms with Crippen LogP contribution in [0.2, 0.25) is 0 Å². The molecule has 0 saturated heterocycles. The average Bonchev–Trinajstić information content (AvgIpc) is 3.02. The molecule has 5 nitrogen and oxygen atoms in total. The zero-order chi connectivity index (χ0) is 15.5. The number of anilines is 1. The Morgan fingerprint density at radius 2 is 1.86 bits per heavy atom. The first-order valence-electron chi connectivity index (χ1n) is 6.99. The highest BCUT2D eigenvalue weighted by atomic mass is 16.2. The number of amides is 1. The normalized spacial score (nSPS) is 10.5. The molecular weight excluding hydrogens is 276 g/mol. The molecule has 0 aliphatic heterocycles. The van der Waals surface area contributed by atoms with E-state index >= 15 is 0 Å². The maximum atomic E-state index is 12.3. The van der Waals surface area contributed by atoms with E-state index in [2.05, 4.69) is 15.4 Å². The Balaban J connectivity index is 1.81. The van der Waals surface area contributed by atoms with Gasteiger partial charge < -0.3 is 5.32 Å². The number of hydrogen-bond donors (Lipinski definition) is 1. The van der Waals surface area contributed by atoms with Gasteiger partial charge in [0.25, 0.3) is 5.91 Å². The van der Waals surface area contributed by atoms with Gasteiger partial charge in [-0.1, -0.05) is 30.3 Å². The zero-order valence-electron chi connectivity index (χ0n) is 12.4. The Bertz CT molecular complexity index is 809. The van der Waals surface area contributed by atoms with Crippen molar-refractivity contribution in [2.45, 2.75) is 13.8 Å². The molecule has 0 bridgehead atoms. The van der Waals surface area contributed by atoms with Crippen LogP contribution in [0.4, 0.5) is 5.69 Å². The third-order valence-corrected chi connectivity index (χ3v) is 3.36. The third-order valence-electron chi connectivity index (χ3n) is 3.36. The summed E-state index contributed by atoms with van der Waals surface area (Å²) in [5.41, 5.74) is 3.73. The lowest BCUT2D eigenvalue weighted by molar-refractivity contribution is 0.101. The van der Waals surface area contributed by atoms with Crippen LogP contribution >= 0.6 is 0 Å². The lowest BCUT2D eigenvalue weighted by Crippen LogP contribution is -2.15. The van der Waals surface area contributed by atoms with Crippen molar-refractivity contribution < 1.29 is 4.79 Å². The van der Waals surface area contributed by atoms with Gasteiger partial charge in [0.2, 0.25) is 5.82 Å². The number of hydrogen-bond acceptors (Lipinski definition) is 3. The van der Waals surface area contributed by atoms with E-state index in [1.807, 2.05) is 62.4 Å². The number of nitrogens with zero attached hydrogens (tertiary/aromatic N) is 3. The van der Waals surface area contributed by atoms with E-state index in [1.54, 1.807) is 4.68 Å². The molecule has 0 fully saturated rings. The van der Waals surface area contributed by atoms with Crippen LogP contribution in [-0.4, -0.2) is 20.7 Å². The van der Waals surface area contributed by atoms with E-state index in [9.17, 15) is 4.79 Å². The average molecular weight is 292 g/mol. The van der Waals surface area contributed by atoms with Gasteiger partial charge in [0, 0.05) is 5.69 Å². The fourth-order valence-corrected chi connectivity index (χ4v) is 2.12. The number of aromatic nitrogens is 3. The molecule has 0 aliphatic rings. The number of nitrogens with one attached hydrogen (secondary N) is 1. The molecule has 5 heteroatoms. The monoisotopic (exact) mass is 292 g/mol. The van der Waals surface area contributed by atoms with Crippen molar-refractivity contribution in [3.63, 3.8) is 0 Å². The van der Waals surface area contributed by atoms with E-state index in [0.29, 0.717) is 0 Å². The molecule has 3 aromatic rings.